The minimum Gasteiger partial charge on any atom is -0.486 e. The van der Waals surface area contributed by atoms with Crippen molar-refractivity contribution in [3.05, 3.63) is 28.2 Å². The second kappa shape index (κ2) is 5.66. The van der Waals surface area contributed by atoms with Gasteiger partial charge in [-0.05, 0) is 33.6 Å². The maximum atomic E-state index is 11.8. The number of alkyl halides is 3. The number of rotatable bonds is 4. The van der Waals surface area contributed by atoms with Gasteiger partial charge < -0.3 is 4.74 Å². The van der Waals surface area contributed by atoms with E-state index in [1.165, 1.54) is 0 Å². The molecule has 1 rings (SSSR count). The van der Waals surface area contributed by atoms with Crippen LogP contribution >= 0.6 is 31.9 Å². The third-order valence-corrected chi connectivity index (χ3v) is 2.78. The van der Waals surface area contributed by atoms with Crippen LogP contribution in [0.25, 0.3) is 0 Å². The fraction of sp³-hybridized carbons (Fsp3) is 0.333. The average molecular weight is 330 g/mol. The van der Waals surface area contributed by atoms with Crippen molar-refractivity contribution >= 4 is 31.9 Å². The van der Waals surface area contributed by atoms with Crippen LogP contribution in [0, 0.1) is 0 Å². The molecule has 78 valence electrons. The molecule has 1 aromatic rings. The van der Waals surface area contributed by atoms with Crippen LogP contribution in [-0.4, -0.2) is 13.0 Å². The van der Waals surface area contributed by atoms with Gasteiger partial charge in [0.1, 0.15) is 12.4 Å². The smallest absolute Gasteiger partial charge is 0.272 e. The van der Waals surface area contributed by atoms with Gasteiger partial charge in [-0.25, -0.2) is 8.78 Å². The van der Waals surface area contributed by atoms with Crippen LogP contribution in [0.5, 0.6) is 5.75 Å². The molecule has 0 spiro atoms. The lowest BCUT2D eigenvalue weighted by Crippen LogP contribution is -2.07. The summed E-state index contributed by atoms with van der Waals surface area (Å²) in [5.41, 5.74) is 1.06. The highest BCUT2D eigenvalue weighted by molar-refractivity contribution is 9.10. The molecule has 1 aromatic carbocycles. The Morgan fingerprint density at radius 2 is 2.07 bits per heavy atom. The normalized spacial score (nSPS) is 10.6. The minimum atomic E-state index is -2.45. The first-order valence-corrected chi connectivity index (χ1v) is 5.80. The van der Waals surface area contributed by atoms with Crippen LogP contribution in [-0.2, 0) is 5.33 Å². The Balaban J connectivity index is 2.69. The topological polar surface area (TPSA) is 9.23 Å². The van der Waals surface area contributed by atoms with Gasteiger partial charge in [-0.1, -0.05) is 22.0 Å². The predicted molar refractivity (Wildman–Crippen MR) is 58.3 cm³/mol. The molecule has 5 heteroatoms. The Bertz CT molecular complexity index is 305. The number of halogens is 4. The van der Waals surface area contributed by atoms with Crippen molar-refractivity contribution in [3.8, 4) is 5.75 Å². The van der Waals surface area contributed by atoms with Crippen LogP contribution in [0.3, 0.4) is 0 Å². The van der Waals surface area contributed by atoms with Crippen LogP contribution < -0.4 is 4.74 Å². The zero-order chi connectivity index (χ0) is 10.6. The second-order valence-corrected chi connectivity index (χ2v) is 4.02. The van der Waals surface area contributed by atoms with E-state index in [2.05, 4.69) is 31.9 Å². The van der Waals surface area contributed by atoms with E-state index in [-0.39, 0.29) is 0 Å². The average Bonchev–Trinajstić information content (AvgIpc) is 2.15. The summed E-state index contributed by atoms with van der Waals surface area (Å²) in [5, 5.41) is 0.723. The zero-order valence-corrected chi connectivity index (χ0v) is 10.3. The van der Waals surface area contributed by atoms with Crippen LogP contribution in [0.2, 0.25) is 0 Å². The summed E-state index contributed by atoms with van der Waals surface area (Å²) in [5.74, 6) is 0.440. The SMILES string of the molecule is FC(F)COc1ccc(CBr)cc1Br. The second-order valence-electron chi connectivity index (χ2n) is 2.60. The lowest BCUT2D eigenvalue weighted by atomic mass is 10.2. The molecule has 0 radical (unpaired) electrons. The quantitative estimate of drug-likeness (QED) is 0.759. The van der Waals surface area contributed by atoms with E-state index in [1.54, 1.807) is 6.07 Å². The summed E-state index contributed by atoms with van der Waals surface area (Å²) in [6.07, 6.45) is -2.45. The molecule has 0 aliphatic carbocycles. The zero-order valence-electron chi connectivity index (χ0n) is 7.14. The van der Waals surface area contributed by atoms with Crippen molar-refractivity contribution in [1.82, 2.24) is 0 Å². The summed E-state index contributed by atoms with van der Waals surface area (Å²) in [6, 6.07) is 5.32. The van der Waals surface area contributed by atoms with Gasteiger partial charge in [0.2, 0.25) is 0 Å². The molecule has 0 fully saturated rings. The third kappa shape index (κ3) is 3.53. The van der Waals surface area contributed by atoms with Crippen LogP contribution in [0.4, 0.5) is 8.78 Å². The molecule has 0 unspecified atom stereocenters. The van der Waals surface area contributed by atoms with Gasteiger partial charge in [0, 0.05) is 5.33 Å². The molecular weight excluding hydrogens is 322 g/mol. The van der Waals surface area contributed by atoms with Gasteiger partial charge in [-0.2, -0.15) is 0 Å². The van der Waals surface area contributed by atoms with E-state index in [9.17, 15) is 8.78 Å². The summed E-state index contributed by atoms with van der Waals surface area (Å²) in [6.45, 7) is -0.577. The molecule has 0 amide bonds. The van der Waals surface area contributed by atoms with Gasteiger partial charge in [0.05, 0.1) is 4.47 Å². The van der Waals surface area contributed by atoms with Crippen molar-refractivity contribution in [3.63, 3.8) is 0 Å². The van der Waals surface area contributed by atoms with E-state index >= 15 is 0 Å². The van der Waals surface area contributed by atoms with E-state index in [1.807, 2.05) is 12.1 Å². The molecule has 0 atom stereocenters. The highest BCUT2D eigenvalue weighted by Gasteiger charge is 2.06. The molecule has 0 saturated heterocycles. The molecule has 0 N–H and O–H groups in total. The molecule has 0 heterocycles. The number of hydrogen-bond donors (Lipinski definition) is 0. The van der Waals surface area contributed by atoms with Gasteiger partial charge in [0.15, 0.2) is 0 Å². The fourth-order valence-corrected chi connectivity index (χ4v) is 1.79. The Labute approximate surface area is 97.7 Å². The van der Waals surface area contributed by atoms with Crippen LogP contribution in [0.1, 0.15) is 5.56 Å². The van der Waals surface area contributed by atoms with Crippen molar-refractivity contribution in [2.24, 2.45) is 0 Å². The van der Waals surface area contributed by atoms with Crippen molar-refractivity contribution in [2.45, 2.75) is 11.8 Å². The molecule has 0 aliphatic heterocycles. The lowest BCUT2D eigenvalue weighted by molar-refractivity contribution is 0.0815. The van der Waals surface area contributed by atoms with Crippen molar-refractivity contribution in [1.29, 1.82) is 0 Å². The summed E-state index contributed by atoms with van der Waals surface area (Å²) in [7, 11) is 0. The molecule has 1 nitrogen and oxygen atoms in total. The van der Waals surface area contributed by atoms with Gasteiger partial charge in [0.25, 0.3) is 6.43 Å². The largest absolute Gasteiger partial charge is 0.486 e. The summed E-state index contributed by atoms with van der Waals surface area (Å²) in [4.78, 5) is 0. The van der Waals surface area contributed by atoms with Gasteiger partial charge in [-0.15, -0.1) is 0 Å². The maximum Gasteiger partial charge on any atom is 0.272 e. The molecular formula is C9H8Br2F2O. The lowest BCUT2D eigenvalue weighted by Gasteiger charge is -2.08. The molecule has 14 heavy (non-hydrogen) atoms. The van der Waals surface area contributed by atoms with E-state index < -0.39 is 13.0 Å². The number of benzene rings is 1. The Morgan fingerprint density at radius 1 is 1.36 bits per heavy atom. The summed E-state index contributed by atoms with van der Waals surface area (Å²) < 4.78 is 29.3. The molecule has 0 aromatic heterocycles. The number of hydrogen-bond acceptors (Lipinski definition) is 1. The highest BCUT2D eigenvalue weighted by Crippen LogP contribution is 2.27. The Hall–Kier alpha value is -0.160. The van der Waals surface area contributed by atoms with Crippen molar-refractivity contribution in [2.75, 3.05) is 6.61 Å². The van der Waals surface area contributed by atoms with Crippen LogP contribution in [0.15, 0.2) is 22.7 Å². The monoisotopic (exact) mass is 328 g/mol. The highest BCUT2D eigenvalue weighted by atomic mass is 79.9. The molecule has 0 bridgehead atoms. The first kappa shape index (κ1) is 11.9. The molecule has 0 aliphatic rings. The Morgan fingerprint density at radius 3 is 2.57 bits per heavy atom. The third-order valence-electron chi connectivity index (χ3n) is 1.52. The Kier molecular flexibility index (Phi) is 4.81. The molecule has 0 saturated carbocycles. The first-order valence-electron chi connectivity index (χ1n) is 3.89. The predicted octanol–water partition coefficient (Wildman–Crippen LogP) is 3.99. The fourth-order valence-electron chi connectivity index (χ4n) is 0.897. The van der Waals surface area contributed by atoms with E-state index in [4.69, 9.17) is 4.74 Å². The van der Waals surface area contributed by atoms with Gasteiger partial charge in [-0.3, -0.25) is 0 Å². The number of ether oxygens (including phenoxy) is 1. The van der Waals surface area contributed by atoms with E-state index in [0.717, 1.165) is 10.9 Å². The maximum absolute atomic E-state index is 11.8. The van der Waals surface area contributed by atoms with Gasteiger partial charge >= 0.3 is 0 Å². The first-order chi connectivity index (χ1) is 6.63. The minimum absolute atomic E-state index is 0.440. The van der Waals surface area contributed by atoms with Crippen molar-refractivity contribution < 1.29 is 13.5 Å². The summed E-state index contributed by atoms with van der Waals surface area (Å²) >= 11 is 6.54. The standard InChI is InChI=1S/C9H8Br2F2O/c10-4-6-1-2-8(7(11)3-6)14-5-9(12)13/h1-3,9H,4-5H2. The van der Waals surface area contributed by atoms with E-state index in [0.29, 0.717) is 10.2 Å².